The fraction of sp³-hybridized carbons (Fsp3) is 0.312. The number of aromatic nitrogens is 1. The summed E-state index contributed by atoms with van der Waals surface area (Å²) in [5, 5.41) is 3.66. The molecular formula is C16H18N2O3S. The average Bonchev–Trinajstić information content (AvgIpc) is 2.84. The lowest BCUT2D eigenvalue weighted by Crippen LogP contribution is -2.12. The second-order valence-electron chi connectivity index (χ2n) is 4.81. The molecule has 1 amide bonds. The lowest BCUT2D eigenvalue weighted by atomic mass is 10.2. The first-order valence-electron chi connectivity index (χ1n) is 7.03. The van der Waals surface area contributed by atoms with Gasteiger partial charge < -0.3 is 10.1 Å². The Kier molecular flexibility index (Phi) is 5.27. The van der Waals surface area contributed by atoms with Crippen LogP contribution in [0.2, 0.25) is 0 Å². The van der Waals surface area contributed by atoms with E-state index >= 15 is 0 Å². The van der Waals surface area contributed by atoms with E-state index in [2.05, 4.69) is 10.3 Å². The normalized spacial score (nSPS) is 10.3. The molecule has 1 aromatic carbocycles. The number of hydrogen-bond acceptors (Lipinski definition) is 5. The maximum absolute atomic E-state index is 12.2. The summed E-state index contributed by atoms with van der Waals surface area (Å²) in [7, 11) is 0. The molecule has 22 heavy (non-hydrogen) atoms. The molecule has 2 aromatic rings. The molecule has 116 valence electrons. The van der Waals surface area contributed by atoms with E-state index in [9.17, 15) is 9.59 Å². The average molecular weight is 318 g/mol. The molecule has 2 rings (SSSR count). The largest absolute Gasteiger partial charge is 0.462 e. The molecular weight excluding hydrogens is 300 g/mol. The van der Waals surface area contributed by atoms with Gasteiger partial charge in [0.1, 0.15) is 4.88 Å². The minimum Gasteiger partial charge on any atom is -0.462 e. The van der Waals surface area contributed by atoms with Crippen molar-refractivity contribution in [2.75, 3.05) is 11.9 Å². The van der Waals surface area contributed by atoms with Crippen LogP contribution in [-0.2, 0) is 4.74 Å². The van der Waals surface area contributed by atoms with Gasteiger partial charge in [-0.1, -0.05) is 6.92 Å². The lowest BCUT2D eigenvalue weighted by molar-refractivity contribution is 0.0505. The summed E-state index contributed by atoms with van der Waals surface area (Å²) >= 11 is 1.36. The quantitative estimate of drug-likeness (QED) is 0.856. The smallest absolute Gasteiger partial charge is 0.338 e. The Labute approximate surface area is 133 Å². The molecule has 0 fully saturated rings. The van der Waals surface area contributed by atoms with E-state index in [4.69, 9.17) is 4.74 Å². The van der Waals surface area contributed by atoms with Crippen LogP contribution in [0.3, 0.4) is 0 Å². The molecule has 0 aliphatic rings. The predicted octanol–water partition coefficient (Wildman–Crippen LogP) is 3.58. The van der Waals surface area contributed by atoms with Crippen molar-refractivity contribution in [1.82, 2.24) is 4.98 Å². The zero-order chi connectivity index (χ0) is 16.1. The number of esters is 1. The second-order valence-corrected chi connectivity index (χ2v) is 6.02. The minimum atomic E-state index is -0.353. The van der Waals surface area contributed by atoms with Gasteiger partial charge in [0.05, 0.1) is 22.9 Å². The summed E-state index contributed by atoms with van der Waals surface area (Å²) in [5.74, 6) is -0.543. The number of benzene rings is 1. The molecule has 1 N–H and O–H groups in total. The highest BCUT2D eigenvalue weighted by atomic mass is 32.1. The Morgan fingerprint density at radius 3 is 2.45 bits per heavy atom. The Morgan fingerprint density at radius 2 is 1.91 bits per heavy atom. The van der Waals surface area contributed by atoms with Crippen LogP contribution in [-0.4, -0.2) is 23.5 Å². The van der Waals surface area contributed by atoms with E-state index < -0.39 is 0 Å². The van der Waals surface area contributed by atoms with Crippen LogP contribution in [0.5, 0.6) is 0 Å². The molecule has 0 bridgehead atoms. The number of thiazole rings is 1. The number of aryl methyl sites for hydroxylation is 2. The van der Waals surface area contributed by atoms with Crippen molar-refractivity contribution < 1.29 is 14.3 Å². The van der Waals surface area contributed by atoms with Crippen LogP contribution < -0.4 is 5.32 Å². The van der Waals surface area contributed by atoms with Gasteiger partial charge in [-0.05, 0) is 44.5 Å². The van der Waals surface area contributed by atoms with Crippen molar-refractivity contribution in [3.63, 3.8) is 0 Å². The first-order valence-corrected chi connectivity index (χ1v) is 7.85. The number of carbonyl (C=O) groups excluding carboxylic acids is 2. The van der Waals surface area contributed by atoms with Crippen molar-refractivity contribution >= 4 is 28.9 Å². The topological polar surface area (TPSA) is 68.3 Å². The number of nitrogens with zero attached hydrogens (tertiary/aromatic N) is 1. The van der Waals surface area contributed by atoms with Gasteiger partial charge in [0.15, 0.2) is 0 Å². The van der Waals surface area contributed by atoms with Gasteiger partial charge >= 0.3 is 5.97 Å². The summed E-state index contributed by atoms with van der Waals surface area (Å²) in [6, 6.07) is 6.64. The first kappa shape index (κ1) is 16.2. The van der Waals surface area contributed by atoms with E-state index in [1.54, 1.807) is 24.3 Å². The Bertz CT molecular complexity index is 677. The first-order chi connectivity index (χ1) is 10.5. The van der Waals surface area contributed by atoms with Crippen molar-refractivity contribution in [3.05, 3.63) is 45.4 Å². The Balaban J connectivity index is 2.03. The molecule has 0 saturated heterocycles. The third kappa shape index (κ3) is 3.92. The monoisotopic (exact) mass is 318 g/mol. The van der Waals surface area contributed by atoms with E-state index in [0.717, 1.165) is 17.1 Å². The summed E-state index contributed by atoms with van der Waals surface area (Å²) < 4.78 is 5.05. The van der Waals surface area contributed by atoms with Gasteiger partial charge in [0, 0.05) is 5.69 Å². The Morgan fingerprint density at radius 1 is 1.23 bits per heavy atom. The van der Waals surface area contributed by atoms with Crippen LogP contribution in [0, 0.1) is 13.8 Å². The molecule has 0 radical (unpaired) electrons. The molecule has 1 heterocycles. The summed E-state index contributed by atoms with van der Waals surface area (Å²) in [6.07, 6.45) is 0.785. The predicted molar refractivity (Wildman–Crippen MR) is 86.6 cm³/mol. The third-order valence-corrected chi connectivity index (χ3v) is 4.00. The summed E-state index contributed by atoms with van der Waals surface area (Å²) in [6.45, 7) is 6.02. The van der Waals surface area contributed by atoms with Crippen LogP contribution in [0.1, 0.15) is 44.1 Å². The molecule has 0 aliphatic carbocycles. The van der Waals surface area contributed by atoms with Gasteiger partial charge in [-0.2, -0.15) is 0 Å². The molecule has 5 nitrogen and oxygen atoms in total. The lowest BCUT2D eigenvalue weighted by Gasteiger charge is -2.06. The Hall–Kier alpha value is -2.21. The number of carbonyl (C=O) groups is 2. The molecule has 6 heteroatoms. The highest BCUT2D eigenvalue weighted by Crippen LogP contribution is 2.19. The maximum Gasteiger partial charge on any atom is 0.338 e. The summed E-state index contributed by atoms with van der Waals surface area (Å²) in [4.78, 5) is 28.7. The molecule has 0 spiro atoms. The zero-order valence-corrected chi connectivity index (χ0v) is 13.6. The third-order valence-electron chi connectivity index (χ3n) is 2.93. The van der Waals surface area contributed by atoms with Crippen molar-refractivity contribution in [2.45, 2.75) is 27.2 Å². The molecule has 0 atom stereocenters. The molecule has 1 aromatic heterocycles. The van der Waals surface area contributed by atoms with Gasteiger partial charge in [0.2, 0.25) is 0 Å². The van der Waals surface area contributed by atoms with Crippen molar-refractivity contribution in [1.29, 1.82) is 0 Å². The van der Waals surface area contributed by atoms with Crippen molar-refractivity contribution in [3.8, 4) is 0 Å². The number of nitrogens with one attached hydrogen (secondary N) is 1. The number of rotatable bonds is 5. The number of hydrogen-bond donors (Lipinski definition) is 1. The zero-order valence-electron chi connectivity index (χ0n) is 12.8. The van der Waals surface area contributed by atoms with Crippen molar-refractivity contribution in [2.24, 2.45) is 0 Å². The second kappa shape index (κ2) is 7.17. The van der Waals surface area contributed by atoms with E-state index in [1.807, 2.05) is 20.8 Å². The van der Waals surface area contributed by atoms with Gasteiger partial charge in [-0.25, -0.2) is 9.78 Å². The molecule has 0 aliphatic heterocycles. The summed E-state index contributed by atoms with van der Waals surface area (Å²) in [5.41, 5.74) is 1.82. The van der Waals surface area contributed by atoms with E-state index in [1.165, 1.54) is 11.3 Å². The standard InChI is InChI=1S/C16H18N2O3S/c1-4-9-21-16(20)12-5-7-13(8-6-12)18-15(19)14-10(2)17-11(3)22-14/h5-8H,4,9H2,1-3H3,(H,18,19). The number of amides is 1. The van der Waals surface area contributed by atoms with Crippen LogP contribution >= 0.6 is 11.3 Å². The fourth-order valence-electron chi connectivity index (χ4n) is 1.90. The molecule has 0 unspecified atom stereocenters. The highest BCUT2D eigenvalue weighted by Gasteiger charge is 2.14. The van der Waals surface area contributed by atoms with Crippen LogP contribution in [0.4, 0.5) is 5.69 Å². The molecule has 0 saturated carbocycles. The number of ether oxygens (including phenoxy) is 1. The number of anilines is 1. The maximum atomic E-state index is 12.2. The van der Waals surface area contributed by atoms with Crippen LogP contribution in [0.25, 0.3) is 0 Å². The van der Waals surface area contributed by atoms with E-state index in [0.29, 0.717) is 22.7 Å². The van der Waals surface area contributed by atoms with Gasteiger partial charge in [-0.15, -0.1) is 11.3 Å². The minimum absolute atomic E-state index is 0.190. The fourth-order valence-corrected chi connectivity index (χ4v) is 2.71. The van der Waals surface area contributed by atoms with Gasteiger partial charge in [-0.3, -0.25) is 4.79 Å². The highest BCUT2D eigenvalue weighted by molar-refractivity contribution is 7.13. The van der Waals surface area contributed by atoms with Crippen LogP contribution in [0.15, 0.2) is 24.3 Å². The SMILES string of the molecule is CCCOC(=O)c1ccc(NC(=O)c2sc(C)nc2C)cc1. The van der Waals surface area contributed by atoms with E-state index in [-0.39, 0.29) is 11.9 Å². The van der Waals surface area contributed by atoms with Gasteiger partial charge in [0.25, 0.3) is 5.91 Å².